The first-order chi connectivity index (χ1) is 13.7. The maximum absolute atomic E-state index is 13.0. The lowest BCUT2D eigenvalue weighted by atomic mass is 10.1. The predicted molar refractivity (Wildman–Crippen MR) is 105 cm³/mol. The number of carbonyl (C=O) groups is 2. The summed E-state index contributed by atoms with van der Waals surface area (Å²) in [6, 6.07) is 11.4. The van der Waals surface area contributed by atoms with Crippen molar-refractivity contribution in [2.45, 2.75) is 19.4 Å². The van der Waals surface area contributed by atoms with E-state index in [0.717, 1.165) is 18.7 Å². The molecule has 28 heavy (non-hydrogen) atoms. The van der Waals surface area contributed by atoms with Gasteiger partial charge in [-0.3, -0.25) is 9.59 Å². The van der Waals surface area contributed by atoms with Crippen LogP contribution < -0.4 is 0 Å². The molecule has 2 aromatic heterocycles. The Labute approximate surface area is 164 Å². The molecule has 0 saturated carbocycles. The third-order valence-corrected chi connectivity index (χ3v) is 4.52. The van der Waals surface area contributed by atoms with Crippen molar-refractivity contribution in [3.05, 3.63) is 73.1 Å². The van der Waals surface area contributed by atoms with E-state index in [4.69, 9.17) is 4.74 Å². The van der Waals surface area contributed by atoms with E-state index in [0.29, 0.717) is 18.7 Å². The molecule has 0 N–H and O–H groups in total. The van der Waals surface area contributed by atoms with Gasteiger partial charge in [-0.25, -0.2) is 4.98 Å². The minimum absolute atomic E-state index is 0.0893. The Morgan fingerprint density at radius 1 is 1.07 bits per heavy atom. The Bertz CT molecular complexity index is 871. The third-order valence-electron chi connectivity index (χ3n) is 4.52. The van der Waals surface area contributed by atoms with Gasteiger partial charge in [-0.2, -0.15) is 0 Å². The fraction of sp³-hybridized carbons (Fsp3) is 0.286. The Kier molecular flexibility index (Phi) is 6.62. The number of hydrogen-bond donors (Lipinski definition) is 0. The Morgan fingerprint density at radius 2 is 1.82 bits per heavy atom. The number of hydrogen-bond acceptors (Lipinski definition) is 4. The summed E-state index contributed by atoms with van der Waals surface area (Å²) in [5.41, 5.74) is 1.59. The van der Waals surface area contributed by atoms with Crippen LogP contribution in [0.1, 0.15) is 23.2 Å². The molecule has 0 aliphatic rings. The van der Waals surface area contributed by atoms with Gasteiger partial charge in [-0.15, -0.1) is 0 Å². The summed E-state index contributed by atoms with van der Waals surface area (Å²) in [5, 5.41) is 0. The lowest BCUT2D eigenvalue weighted by molar-refractivity contribution is -0.140. The number of imidazole rings is 1. The topological polar surface area (TPSA) is 69.4 Å². The number of nitrogens with zero attached hydrogens (tertiary/aromatic N) is 4. The molecule has 1 amide bonds. The number of aryl methyl sites for hydroxylation is 1. The smallest absolute Gasteiger partial charge is 0.307 e. The van der Waals surface area contributed by atoms with E-state index in [1.54, 1.807) is 17.4 Å². The molecule has 0 atom stereocenters. The molecule has 0 spiro atoms. The molecular formula is C21H24N4O3. The third kappa shape index (κ3) is 5.09. The van der Waals surface area contributed by atoms with Crippen molar-refractivity contribution >= 4 is 11.9 Å². The number of ether oxygens (including phenoxy) is 1. The number of esters is 1. The molecule has 0 fully saturated rings. The average Bonchev–Trinajstić information content (AvgIpc) is 3.44. The molecule has 0 bridgehead atoms. The maximum atomic E-state index is 13.0. The molecular weight excluding hydrogens is 356 g/mol. The zero-order valence-corrected chi connectivity index (χ0v) is 15.9. The molecule has 2 heterocycles. The highest BCUT2D eigenvalue weighted by molar-refractivity contribution is 5.94. The van der Waals surface area contributed by atoms with Gasteiger partial charge in [0.15, 0.2) is 0 Å². The van der Waals surface area contributed by atoms with E-state index < -0.39 is 0 Å². The van der Waals surface area contributed by atoms with Crippen LogP contribution in [0.15, 0.2) is 67.5 Å². The minimum Gasteiger partial charge on any atom is -0.469 e. The van der Waals surface area contributed by atoms with Gasteiger partial charge in [0, 0.05) is 55.7 Å². The first-order valence-corrected chi connectivity index (χ1v) is 9.22. The van der Waals surface area contributed by atoms with E-state index >= 15 is 0 Å². The summed E-state index contributed by atoms with van der Waals surface area (Å²) in [6.45, 7) is 1.64. The van der Waals surface area contributed by atoms with Crippen LogP contribution in [-0.4, -0.2) is 51.1 Å². The molecule has 0 saturated heterocycles. The summed E-state index contributed by atoms with van der Waals surface area (Å²) in [6.07, 6.45) is 10.2. The average molecular weight is 380 g/mol. The van der Waals surface area contributed by atoms with Gasteiger partial charge in [0.05, 0.1) is 19.9 Å². The van der Waals surface area contributed by atoms with Crippen LogP contribution >= 0.6 is 0 Å². The van der Waals surface area contributed by atoms with Crippen LogP contribution in [-0.2, 0) is 16.1 Å². The van der Waals surface area contributed by atoms with Gasteiger partial charge in [-0.05, 0) is 42.8 Å². The van der Waals surface area contributed by atoms with Crippen LogP contribution in [0.4, 0.5) is 0 Å². The highest BCUT2D eigenvalue weighted by atomic mass is 16.5. The van der Waals surface area contributed by atoms with Crippen molar-refractivity contribution in [2.75, 3.05) is 20.2 Å². The number of carbonyl (C=O) groups excluding carboxylic acids is 2. The van der Waals surface area contributed by atoms with Gasteiger partial charge >= 0.3 is 5.97 Å². The van der Waals surface area contributed by atoms with Crippen LogP contribution in [0.5, 0.6) is 0 Å². The second kappa shape index (κ2) is 9.55. The summed E-state index contributed by atoms with van der Waals surface area (Å²) in [7, 11) is 1.35. The summed E-state index contributed by atoms with van der Waals surface area (Å²) in [4.78, 5) is 30.2. The zero-order chi connectivity index (χ0) is 19.8. The molecule has 0 aliphatic carbocycles. The quantitative estimate of drug-likeness (QED) is 0.535. The SMILES string of the molecule is COC(=O)CCN(CCCn1ccnc1)C(=O)c1ccc(-n2cccc2)cc1. The summed E-state index contributed by atoms with van der Waals surface area (Å²) >= 11 is 0. The zero-order valence-electron chi connectivity index (χ0n) is 15.9. The minimum atomic E-state index is -0.324. The van der Waals surface area contributed by atoms with E-state index in [1.807, 2.05) is 64.1 Å². The highest BCUT2D eigenvalue weighted by Crippen LogP contribution is 2.13. The van der Waals surface area contributed by atoms with Crippen LogP contribution in [0.3, 0.4) is 0 Å². The number of benzene rings is 1. The van der Waals surface area contributed by atoms with E-state index in [9.17, 15) is 9.59 Å². The first-order valence-electron chi connectivity index (χ1n) is 9.22. The molecule has 0 radical (unpaired) electrons. The van der Waals surface area contributed by atoms with Gasteiger partial charge in [-0.1, -0.05) is 0 Å². The first kappa shape index (κ1) is 19.4. The van der Waals surface area contributed by atoms with Gasteiger partial charge in [0.25, 0.3) is 5.91 Å². The largest absolute Gasteiger partial charge is 0.469 e. The Morgan fingerprint density at radius 3 is 2.46 bits per heavy atom. The van der Waals surface area contributed by atoms with E-state index in [-0.39, 0.29) is 18.3 Å². The summed E-state index contributed by atoms with van der Waals surface area (Å²) in [5.74, 6) is -0.413. The highest BCUT2D eigenvalue weighted by Gasteiger charge is 2.17. The lowest BCUT2D eigenvalue weighted by Crippen LogP contribution is -2.34. The van der Waals surface area contributed by atoms with Gasteiger partial charge < -0.3 is 18.8 Å². The van der Waals surface area contributed by atoms with Crippen LogP contribution in [0.2, 0.25) is 0 Å². The van der Waals surface area contributed by atoms with Crippen LogP contribution in [0, 0.1) is 0 Å². The number of methoxy groups -OCH3 is 1. The monoisotopic (exact) mass is 380 g/mol. The lowest BCUT2D eigenvalue weighted by Gasteiger charge is -2.22. The van der Waals surface area contributed by atoms with Gasteiger partial charge in [0.2, 0.25) is 0 Å². The van der Waals surface area contributed by atoms with Crippen molar-refractivity contribution < 1.29 is 14.3 Å². The Balaban J connectivity index is 1.66. The molecule has 3 aromatic rings. The summed E-state index contributed by atoms with van der Waals surface area (Å²) < 4.78 is 8.66. The predicted octanol–water partition coefficient (Wildman–Crippen LogP) is 2.77. The standard InChI is InChI=1S/C21H24N4O3/c1-28-20(26)9-15-25(14-4-11-23-16-10-22-17-23)21(27)18-5-7-19(8-6-18)24-12-2-3-13-24/h2-3,5-8,10,12-13,16-17H,4,9,11,14-15H2,1H3. The molecule has 0 unspecified atom stereocenters. The molecule has 1 aromatic carbocycles. The van der Waals surface area contributed by atoms with E-state index in [1.165, 1.54) is 7.11 Å². The second-order valence-electron chi connectivity index (χ2n) is 6.41. The molecule has 146 valence electrons. The number of aromatic nitrogens is 3. The Hall–Kier alpha value is -3.35. The van der Waals surface area contributed by atoms with Crippen molar-refractivity contribution in [1.29, 1.82) is 0 Å². The fourth-order valence-electron chi connectivity index (χ4n) is 2.97. The number of amides is 1. The van der Waals surface area contributed by atoms with Crippen molar-refractivity contribution in [1.82, 2.24) is 19.0 Å². The fourth-order valence-corrected chi connectivity index (χ4v) is 2.97. The van der Waals surface area contributed by atoms with Crippen molar-refractivity contribution in [3.63, 3.8) is 0 Å². The molecule has 7 nitrogen and oxygen atoms in total. The second-order valence-corrected chi connectivity index (χ2v) is 6.41. The van der Waals surface area contributed by atoms with Gasteiger partial charge in [0.1, 0.15) is 0 Å². The van der Waals surface area contributed by atoms with Crippen LogP contribution in [0.25, 0.3) is 5.69 Å². The van der Waals surface area contributed by atoms with Crippen molar-refractivity contribution in [2.24, 2.45) is 0 Å². The maximum Gasteiger partial charge on any atom is 0.307 e. The molecule has 3 rings (SSSR count). The molecule has 0 aliphatic heterocycles. The normalized spacial score (nSPS) is 10.6. The van der Waals surface area contributed by atoms with E-state index in [2.05, 4.69) is 4.98 Å². The number of rotatable bonds is 9. The van der Waals surface area contributed by atoms with Crippen molar-refractivity contribution in [3.8, 4) is 5.69 Å². The molecule has 7 heteroatoms.